The Balaban J connectivity index is 1.40. The average molecular weight is 330 g/mol. The fourth-order valence-corrected chi connectivity index (χ4v) is 4.72. The number of likely N-dealkylation sites (tertiary alicyclic amines) is 1. The number of nitrogens with one attached hydrogen (secondary N) is 1. The van der Waals surface area contributed by atoms with E-state index in [9.17, 15) is 4.79 Å². The third kappa shape index (κ3) is 2.70. The first-order chi connectivity index (χ1) is 11.6. The lowest BCUT2D eigenvalue weighted by Gasteiger charge is -2.29. The fraction of sp³-hybridized carbons (Fsp3) is 0.632. The molecule has 1 amide bonds. The van der Waals surface area contributed by atoms with Gasteiger partial charge in [0.2, 0.25) is 0 Å². The number of nitrogens with zero attached hydrogens (tertiary/aromatic N) is 1. The van der Waals surface area contributed by atoms with Crippen molar-refractivity contribution in [1.29, 1.82) is 0 Å². The molecule has 1 spiro atoms. The maximum absolute atomic E-state index is 12.2. The maximum Gasteiger partial charge on any atom is 0.254 e. The minimum atomic E-state index is -0.0556. The van der Waals surface area contributed by atoms with E-state index in [0.29, 0.717) is 30.0 Å². The minimum Gasteiger partial charge on any atom is -0.472 e. The van der Waals surface area contributed by atoms with Gasteiger partial charge in [-0.3, -0.25) is 9.69 Å². The molecule has 4 atom stereocenters. The molecule has 0 aromatic carbocycles. The Morgan fingerprint density at radius 2 is 2.38 bits per heavy atom. The van der Waals surface area contributed by atoms with Crippen molar-refractivity contribution >= 4 is 5.91 Å². The van der Waals surface area contributed by atoms with Gasteiger partial charge in [0, 0.05) is 38.0 Å². The number of fused-ring (bicyclic) bond motifs is 1. The molecule has 0 aliphatic carbocycles. The standard InChI is InChI=1S/C19H26N2O3/c1-13(2)4-7-21-10-16-15(17-3-6-19(16,12-21)24-17)9-20-18(22)14-5-8-23-11-14/h4-5,8,11,15-17H,3,6-7,9-10,12H2,1-2H3,(H,20,22)/t15-,16+,17+,19+/m0/s1. The third-order valence-electron chi connectivity index (χ3n) is 5.89. The molecule has 3 aliphatic heterocycles. The summed E-state index contributed by atoms with van der Waals surface area (Å²) in [6.07, 6.45) is 7.91. The molecular formula is C19H26N2O3. The van der Waals surface area contributed by atoms with Gasteiger partial charge in [-0.1, -0.05) is 11.6 Å². The number of carbonyl (C=O) groups is 1. The van der Waals surface area contributed by atoms with E-state index in [1.165, 1.54) is 24.5 Å². The van der Waals surface area contributed by atoms with Crippen molar-refractivity contribution in [3.63, 3.8) is 0 Å². The van der Waals surface area contributed by atoms with Crippen LogP contribution in [-0.2, 0) is 4.74 Å². The van der Waals surface area contributed by atoms with Crippen LogP contribution in [-0.4, -0.2) is 48.7 Å². The van der Waals surface area contributed by atoms with Gasteiger partial charge in [0.1, 0.15) is 6.26 Å². The predicted molar refractivity (Wildman–Crippen MR) is 90.7 cm³/mol. The van der Waals surface area contributed by atoms with Crippen LogP contribution in [0.25, 0.3) is 0 Å². The second-order valence-corrected chi connectivity index (χ2v) is 7.73. The van der Waals surface area contributed by atoms with Crippen LogP contribution in [0.1, 0.15) is 37.0 Å². The molecule has 0 radical (unpaired) electrons. The number of hydrogen-bond acceptors (Lipinski definition) is 4. The molecule has 3 aliphatic rings. The van der Waals surface area contributed by atoms with Crippen molar-refractivity contribution in [2.24, 2.45) is 11.8 Å². The van der Waals surface area contributed by atoms with Crippen LogP contribution in [0, 0.1) is 11.8 Å². The minimum absolute atomic E-state index is 0.0329. The van der Waals surface area contributed by atoms with Gasteiger partial charge in [0.15, 0.2) is 0 Å². The number of furan rings is 1. The lowest BCUT2D eigenvalue weighted by Crippen LogP contribution is -2.41. The van der Waals surface area contributed by atoms with Gasteiger partial charge in [-0.25, -0.2) is 0 Å². The Morgan fingerprint density at radius 3 is 3.12 bits per heavy atom. The van der Waals surface area contributed by atoms with E-state index in [0.717, 1.165) is 26.1 Å². The molecule has 4 rings (SSSR count). The number of amides is 1. The van der Waals surface area contributed by atoms with Crippen LogP contribution >= 0.6 is 0 Å². The topological polar surface area (TPSA) is 54.7 Å². The number of carbonyl (C=O) groups excluding carboxylic acids is 1. The zero-order chi connectivity index (χ0) is 16.7. The summed E-state index contributed by atoms with van der Waals surface area (Å²) in [6, 6.07) is 1.70. The average Bonchev–Trinajstić information content (AvgIpc) is 3.30. The van der Waals surface area contributed by atoms with Crippen molar-refractivity contribution < 1.29 is 13.9 Å². The summed E-state index contributed by atoms with van der Waals surface area (Å²) in [5, 5.41) is 3.08. The van der Waals surface area contributed by atoms with E-state index in [2.05, 4.69) is 30.1 Å². The highest BCUT2D eigenvalue weighted by Gasteiger charge is 2.62. The van der Waals surface area contributed by atoms with Gasteiger partial charge in [-0.2, -0.15) is 0 Å². The van der Waals surface area contributed by atoms with Crippen molar-refractivity contribution in [2.75, 3.05) is 26.2 Å². The quantitative estimate of drug-likeness (QED) is 0.843. The van der Waals surface area contributed by atoms with Crippen molar-refractivity contribution in [1.82, 2.24) is 10.2 Å². The molecule has 130 valence electrons. The van der Waals surface area contributed by atoms with Gasteiger partial charge in [0.25, 0.3) is 5.91 Å². The highest BCUT2D eigenvalue weighted by atomic mass is 16.5. The molecule has 24 heavy (non-hydrogen) atoms. The van der Waals surface area contributed by atoms with Crippen molar-refractivity contribution in [2.45, 2.75) is 38.4 Å². The normalized spacial score (nSPS) is 34.3. The summed E-state index contributed by atoms with van der Waals surface area (Å²) in [7, 11) is 0. The molecule has 0 saturated carbocycles. The van der Waals surface area contributed by atoms with E-state index in [4.69, 9.17) is 9.15 Å². The zero-order valence-corrected chi connectivity index (χ0v) is 14.5. The van der Waals surface area contributed by atoms with Gasteiger partial charge in [0.05, 0.1) is 23.5 Å². The van der Waals surface area contributed by atoms with E-state index in [-0.39, 0.29) is 11.5 Å². The van der Waals surface area contributed by atoms with Crippen LogP contribution < -0.4 is 5.32 Å². The molecule has 1 aromatic rings. The summed E-state index contributed by atoms with van der Waals surface area (Å²) in [5.41, 5.74) is 1.98. The first kappa shape index (κ1) is 15.9. The van der Waals surface area contributed by atoms with E-state index in [1.54, 1.807) is 6.07 Å². The van der Waals surface area contributed by atoms with Crippen LogP contribution in [0.3, 0.4) is 0 Å². The first-order valence-corrected chi connectivity index (χ1v) is 8.91. The maximum atomic E-state index is 12.2. The molecule has 0 unspecified atom stereocenters. The smallest absolute Gasteiger partial charge is 0.254 e. The number of hydrogen-bond donors (Lipinski definition) is 1. The predicted octanol–water partition coefficient (Wildman–Crippen LogP) is 2.46. The van der Waals surface area contributed by atoms with Crippen molar-refractivity contribution in [3.05, 3.63) is 35.8 Å². The van der Waals surface area contributed by atoms with Crippen molar-refractivity contribution in [3.8, 4) is 0 Å². The Kier molecular flexibility index (Phi) is 4.01. The van der Waals surface area contributed by atoms with Gasteiger partial charge < -0.3 is 14.5 Å². The molecule has 5 nitrogen and oxygen atoms in total. The SMILES string of the molecule is CC(C)=CCN1C[C@@H]2[C@H](CNC(=O)c3ccoc3)[C@H]3CC[C@]2(C1)O3. The van der Waals surface area contributed by atoms with Crippen LogP contribution in [0.4, 0.5) is 0 Å². The lowest BCUT2D eigenvalue weighted by molar-refractivity contribution is 0.00364. The Bertz CT molecular complexity index is 635. The summed E-state index contributed by atoms with van der Waals surface area (Å²) in [4.78, 5) is 14.7. The first-order valence-electron chi connectivity index (χ1n) is 8.91. The van der Waals surface area contributed by atoms with E-state index in [1.807, 2.05) is 0 Å². The summed E-state index contributed by atoms with van der Waals surface area (Å²) in [6.45, 7) is 8.09. The highest BCUT2D eigenvalue weighted by molar-refractivity contribution is 5.93. The molecule has 3 fully saturated rings. The highest BCUT2D eigenvalue weighted by Crippen LogP contribution is 2.54. The summed E-state index contributed by atoms with van der Waals surface area (Å²) < 4.78 is 11.4. The van der Waals surface area contributed by atoms with Gasteiger partial charge >= 0.3 is 0 Å². The number of rotatable bonds is 5. The molecule has 4 heterocycles. The Morgan fingerprint density at radius 1 is 1.50 bits per heavy atom. The molecule has 2 bridgehead atoms. The van der Waals surface area contributed by atoms with Crippen LogP contribution in [0.5, 0.6) is 0 Å². The van der Waals surface area contributed by atoms with Crippen LogP contribution in [0.2, 0.25) is 0 Å². The third-order valence-corrected chi connectivity index (χ3v) is 5.89. The van der Waals surface area contributed by atoms with Crippen LogP contribution in [0.15, 0.2) is 34.7 Å². The summed E-state index contributed by atoms with van der Waals surface area (Å²) in [5.74, 6) is 0.901. The molecule has 5 heteroatoms. The lowest BCUT2D eigenvalue weighted by atomic mass is 9.73. The molecule has 3 saturated heterocycles. The Labute approximate surface area is 143 Å². The number of ether oxygens (including phenoxy) is 1. The van der Waals surface area contributed by atoms with Gasteiger partial charge in [-0.15, -0.1) is 0 Å². The van der Waals surface area contributed by atoms with Gasteiger partial charge in [-0.05, 0) is 32.8 Å². The monoisotopic (exact) mass is 330 g/mol. The fourth-order valence-electron chi connectivity index (χ4n) is 4.72. The Hall–Kier alpha value is -1.59. The summed E-state index contributed by atoms with van der Waals surface area (Å²) >= 11 is 0. The second kappa shape index (κ2) is 6.05. The second-order valence-electron chi connectivity index (χ2n) is 7.73. The molecular weight excluding hydrogens is 304 g/mol. The van der Waals surface area contributed by atoms with E-state index >= 15 is 0 Å². The molecule has 1 N–H and O–H groups in total. The largest absolute Gasteiger partial charge is 0.472 e. The molecule has 1 aromatic heterocycles. The zero-order valence-electron chi connectivity index (χ0n) is 14.5. The number of allylic oxidation sites excluding steroid dienone is 1. The van der Waals surface area contributed by atoms with E-state index < -0.39 is 0 Å².